The van der Waals surface area contributed by atoms with Crippen LogP contribution in [0, 0.1) is 23.2 Å². The number of hydrogen-bond donors (Lipinski definition) is 2. The molecule has 0 saturated heterocycles. The van der Waals surface area contributed by atoms with Gasteiger partial charge >= 0.3 is 0 Å². The summed E-state index contributed by atoms with van der Waals surface area (Å²) < 4.78 is 0. The highest BCUT2D eigenvalue weighted by Crippen LogP contribution is 2.59. The van der Waals surface area contributed by atoms with Crippen molar-refractivity contribution in [1.29, 1.82) is 0 Å². The van der Waals surface area contributed by atoms with E-state index in [1.54, 1.807) is 5.57 Å². The van der Waals surface area contributed by atoms with E-state index in [2.05, 4.69) is 39.5 Å². The van der Waals surface area contributed by atoms with Crippen molar-refractivity contribution in [3.05, 3.63) is 35.5 Å². The molecule has 0 amide bonds. The number of allylic oxidation sites excluding steroid dienone is 3. The van der Waals surface area contributed by atoms with Crippen molar-refractivity contribution in [1.82, 2.24) is 0 Å². The van der Waals surface area contributed by atoms with Gasteiger partial charge in [-0.05, 0) is 73.7 Å². The molecule has 2 heteroatoms. The Hall–Kier alpha value is -0.860. The van der Waals surface area contributed by atoms with Crippen LogP contribution in [-0.4, -0.2) is 22.4 Å². The first-order valence-corrected chi connectivity index (χ1v) is 11.3. The van der Waals surface area contributed by atoms with Crippen LogP contribution in [-0.2, 0) is 0 Å². The van der Waals surface area contributed by atoms with Crippen molar-refractivity contribution in [2.24, 2.45) is 23.2 Å². The molecular weight excluding hydrogens is 332 g/mol. The molecule has 6 atom stereocenters. The molecule has 2 nitrogen and oxygen atoms in total. The predicted octanol–water partition coefficient (Wildman–Crippen LogP) is 5.95. The summed E-state index contributed by atoms with van der Waals surface area (Å²) in [5, 5.41) is 20.2. The van der Waals surface area contributed by atoms with Crippen LogP contribution in [0.2, 0.25) is 0 Å². The van der Waals surface area contributed by atoms with E-state index in [9.17, 15) is 10.2 Å². The van der Waals surface area contributed by atoms with Gasteiger partial charge < -0.3 is 10.2 Å². The summed E-state index contributed by atoms with van der Waals surface area (Å²) in [5.41, 5.74) is 3.82. The van der Waals surface area contributed by atoms with E-state index < -0.39 is 12.2 Å². The molecule has 27 heavy (non-hydrogen) atoms. The van der Waals surface area contributed by atoms with Gasteiger partial charge in [0.15, 0.2) is 0 Å². The van der Waals surface area contributed by atoms with Gasteiger partial charge in [0.05, 0.1) is 12.2 Å². The number of fused-ring (bicyclic) bond motifs is 1. The summed E-state index contributed by atoms with van der Waals surface area (Å²) in [6.07, 6.45) is 15.3. The number of hydrogen-bond acceptors (Lipinski definition) is 2. The van der Waals surface area contributed by atoms with E-state index in [-0.39, 0.29) is 0 Å². The average molecular weight is 373 g/mol. The first-order chi connectivity index (χ1) is 12.9. The minimum Gasteiger partial charge on any atom is -0.388 e. The Balaban J connectivity index is 1.74. The lowest BCUT2D eigenvalue weighted by atomic mass is 9.60. The van der Waals surface area contributed by atoms with Crippen molar-refractivity contribution in [2.75, 3.05) is 0 Å². The first-order valence-electron chi connectivity index (χ1n) is 11.3. The molecule has 1 unspecified atom stereocenters. The maximum absolute atomic E-state index is 10.1. The molecule has 3 aliphatic carbocycles. The van der Waals surface area contributed by atoms with Crippen molar-refractivity contribution in [3.8, 4) is 0 Å². The average Bonchev–Trinajstić information content (AvgIpc) is 2.99. The quantitative estimate of drug-likeness (QED) is 0.585. The molecule has 152 valence electrons. The molecular formula is C25H40O2. The zero-order valence-electron chi connectivity index (χ0n) is 17.7. The Labute approximate surface area is 166 Å². The van der Waals surface area contributed by atoms with E-state index in [0.717, 1.165) is 23.3 Å². The van der Waals surface area contributed by atoms with E-state index in [0.29, 0.717) is 23.8 Å². The Kier molecular flexibility index (Phi) is 6.69. The van der Waals surface area contributed by atoms with Gasteiger partial charge in [0.1, 0.15) is 0 Å². The van der Waals surface area contributed by atoms with Crippen LogP contribution >= 0.6 is 0 Å². The highest BCUT2D eigenvalue weighted by molar-refractivity contribution is 5.29. The molecule has 0 spiro atoms. The zero-order valence-corrected chi connectivity index (χ0v) is 17.7. The summed E-state index contributed by atoms with van der Waals surface area (Å²) in [7, 11) is 0. The summed E-state index contributed by atoms with van der Waals surface area (Å²) in [4.78, 5) is 0. The van der Waals surface area contributed by atoms with Gasteiger partial charge in [-0.1, -0.05) is 69.9 Å². The fraction of sp³-hybridized carbons (Fsp3) is 0.760. The third kappa shape index (κ3) is 4.27. The van der Waals surface area contributed by atoms with Gasteiger partial charge in [0.25, 0.3) is 0 Å². The summed E-state index contributed by atoms with van der Waals surface area (Å²) >= 11 is 0. The Bertz CT molecular complexity index is 585. The molecule has 3 aliphatic rings. The summed E-state index contributed by atoms with van der Waals surface area (Å²) in [6.45, 7) is 11.2. The minimum atomic E-state index is -0.592. The van der Waals surface area contributed by atoms with Crippen LogP contribution in [0.15, 0.2) is 35.5 Å². The van der Waals surface area contributed by atoms with Crippen molar-refractivity contribution >= 4 is 0 Å². The van der Waals surface area contributed by atoms with E-state index in [1.165, 1.54) is 51.4 Å². The molecule has 0 aromatic rings. The lowest BCUT2D eigenvalue weighted by Crippen LogP contribution is -2.36. The van der Waals surface area contributed by atoms with Crippen LogP contribution in [0.5, 0.6) is 0 Å². The Morgan fingerprint density at radius 1 is 1.19 bits per heavy atom. The Morgan fingerprint density at radius 2 is 1.89 bits per heavy atom. The zero-order chi connectivity index (χ0) is 19.6. The van der Waals surface area contributed by atoms with Crippen LogP contribution in [0.25, 0.3) is 0 Å². The van der Waals surface area contributed by atoms with Crippen molar-refractivity contribution < 1.29 is 10.2 Å². The topological polar surface area (TPSA) is 40.5 Å². The van der Waals surface area contributed by atoms with Crippen LogP contribution in [0.3, 0.4) is 0 Å². The molecule has 0 aromatic carbocycles. The second-order valence-corrected chi connectivity index (χ2v) is 9.80. The highest BCUT2D eigenvalue weighted by atomic mass is 16.3. The van der Waals surface area contributed by atoms with E-state index >= 15 is 0 Å². The maximum atomic E-state index is 10.1. The lowest BCUT2D eigenvalue weighted by Gasteiger charge is -2.44. The van der Waals surface area contributed by atoms with E-state index in [1.807, 2.05) is 0 Å². The molecule has 0 radical (unpaired) electrons. The maximum Gasteiger partial charge on any atom is 0.0809 e. The molecule has 3 fully saturated rings. The molecule has 0 bridgehead atoms. The smallest absolute Gasteiger partial charge is 0.0809 e. The van der Waals surface area contributed by atoms with Crippen LogP contribution in [0.4, 0.5) is 0 Å². The third-order valence-corrected chi connectivity index (χ3v) is 8.04. The largest absolute Gasteiger partial charge is 0.388 e. The molecule has 2 N–H and O–H groups in total. The molecule has 3 saturated carbocycles. The molecule has 0 aliphatic heterocycles. The van der Waals surface area contributed by atoms with Gasteiger partial charge in [-0.25, -0.2) is 0 Å². The lowest BCUT2D eigenvalue weighted by molar-refractivity contribution is 0.0934. The molecule has 0 aromatic heterocycles. The second kappa shape index (κ2) is 8.66. The van der Waals surface area contributed by atoms with Crippen LogP contribution in [0.1, 0.15) is 85.0 Å². The summed E-state index contributed by atoms with van der Waals surface area (Å²) in [5.74, 6) is 2.44. The normalized spacial score (nSPS) is 39.5. The number of aliphatic hydroxyl groups excluding tert-OH is 2. The Morgan fingerprint density at radius 3 is 2.56 bits per heavy atom. The van der Waals surface area contributed by atoms with Gasteiger partial charge in [-0.3, -0.25) is 0 Å². The minimum absolute atomic E-state index is 0.468. The van der Waals surface area contributed by atoms with Gasteiger partial charge in [0.2, 0.25) is 0 Å². The standard InChI is InChI=1S/C25H40O2/c1-5-6-8-17(2)21-12-13-22-20(9-7-14-25(21,22)4)11-10-19-15-23(26)18(3)24(27)16-19/h10-11,17,21-24,26-27H,3,5-9,12-16H2,1-2,4H3/b20-11+/t17-,21?,22-,23+,24+,25+/m0/s1. The van der Waals surface area contributed by atoms with Gasteiger partial charge in [-0.2, -0.15) is 0 Å². The van der Waals surface area contributed by atoms with Gasteiger partial charge in [-0.15, -0.1) is 0 Å². The predicted molar refractivity (Wildman–Crippen MR) is 113 cm³/mol. The third-order valence-electron chi connectivity index (χ3n) is 8.04. The molecule has 3 rings (SSSR count). The fourth-order valence-corrected chi connectivity index (χ4v) is 6.37. The number of unbranched alkanes of at least 4 members (excludes halogenated alkanes) is 1. The monoisotopic (exact) mass is 372 g/mol. The number of rotatable bonds is 5. The first kappa shape index (κ1) is 20.9. The SMILES string of the molecule is C=C1[C@H](O)CC(=C/C=C2\CCC[C@]3(C)C([C@@H](C)CCCC)CC[C@@H]23)C[C@H]1O. The number of aliphatic hydroxyl groups is 2. The summed E-state index contributed by atoms with van der Waals surface area (Å²) in [6, 6.07) is 0. The fourth-order valence-electron chi connectivity index (χ4n) is 6.37. The molecule has 0 heterocycles. The van der Waals surface area contributed by atoms with Crippen LogP contribution < -0.4 is 0 Å². The van der Waals surface area contributed by atoms with E-state index in [4.69, 9.17) is 0 Å². The van der Waals surface area contributed by atoms with Gasteiger partial charge in [0, 0.05) is 0 Å². The second-order valence-electron chi connectivity index (χ2n) is 9.80. The van der Waals surface area contributed by atoms with Crippen molar-refractivity contribution in [3.63, 3.8) is 0 Å². The highest BCUT2D eigenvalue weighted by Gasteiger charge is 2.50. The van der Waals surface area contributed by atoms with Crippen molar-refractivity contribution in [2.45, 2.75) is 97.2 Å².